The Bertz CT molecular complexity index is 1860. The maximum absolute atomic E-state index is 2.50. The van der Waals surface area contributed by atoms with Crippen molar-refractivity contribution in [2.24, 2.45) is 0 Å². The summed E-state index contributed by atoms with van der Waals surface area (Å²) >= 11 is 0. The van der Waals surface area contributed by atoms with Crippen LogP contribution in [-0.2, 0) is 5.41 Å². The highest BCUT2D eigenvalue weighted by molar-refractivity contribution is 6.11. The van der Waals surface area contributed by atoms with Crippen molar-refractivity contribution in [3.05, 3.63) is 119 Å². The van der Waals surface area contributed by atoms with Crippen LogP contribution in [0.15, 0.2) is 91.0 Å². The predicted octanol–water partition coefficient (Wildman–Crippen LogP) is 10.4. The zero-order valence-electron chi connectivity index (χ0n) is 24.6. The molecule has 0 aliphatic heterocycles. The molecule has 7 aromatic rings. The first-order valence-electron chi connectivity index (χ1n) is 14.3. The van der Waals surface area contributed by atoms with Gasteiger partial charge in [0.15, 0.2) is 0 Å². The second-order valence-electron chi connectivity index (χ2n) is 12.7. The molecule has 0 atom stereocenters. The first-order chi connectivity index (χ1) is 19.1. The van der Waals surface area contributed by atoms with Gasteiger partial charge < -0.3 is 9.13 Å². The molecule has 0 fully saturated rings. The Kier molecular flexibility index (Phi) is 5.31. The summed E-state index contributed by atoms with van der Waals surface area (Å²) in [7, 11) is 0. The Morgan fingerprint density at radius 1 is 0.425 bits per heavy atom. The minimum absolute atomic E-state index is 0.109. The highest BCUT2D eigenvalue weighted by Crippen LogP contribution is 2.42. The second kappa shape index (κ2) is 8.60. The normalized spacial score (nSPS) is 12.4. The molecule has 0 amide bonds. The van der Waals surface area contributed by atoms with Gasteiger partial charge in [-0.2, -0.15) is 0 Å². The molecule has 2 aromatic heterocycles. The fraction of sp³-hybridized carbons (Fsp3) is 0.211. The van der Waals surface area contributed by atoms with Crippen molar-refractivity contribution in [3.8, 4) is 11.4 Å². The van der Waals surface area contributed by atoms with E-state index in [1.54, 1.807) is 0 Å². The van der Waals surface area contributed by atoms with Crippen molar-refractivity contribution in [1.82, 2.24) is 9.13 Å². The number of hydrogen-bond acceptors (Lipinski definition) is 0. The lowest BCUT2D eigenvalue weighted by molar-refractivity contribution is 0.584. The van der Waals surface area contributed by atoms with Crippen molar-refractivity contribution in [2.45, 2.75) is 53.9 Å². The molecule has 2 heterocycles. The van der Waals surface area contributed by atoms with E-state index in [-0.39, 0.29) is 5.41 Å². The number of rotatable bonds is 2. The lowest BCUT2D eigenvalue weighted by Crippen LogP contribution is -2.19. The first-order valence-corrected chi connectivity index (χ1v) is 14.3. The lowest BCUT2D eigenvalue weighted by atomic mass is 9.84. The summed E-state index contributed by atoms with van der Waals surface area (Å²) in [4.78, 5) is 0. The van der Waals surface area contributed by atoms with Crippen LogP contribution in [0.25, 0.3) is 55.0 Å². The van der Waals surface area contributed by atoms with E-state index in [0.717, 1.165) is 0 Å². The van der Waals surface area contributed by atoms with Gasteiger partial charge in [-0.3, -0.25) is 0 Å². The Labute approximate surface area is 236 Å². The molecule has 0 saturated heterocycles. The number of benzene rings is 5. The van der Waals surface area contributed by atoms with E-state index in [1.807, 2.05) is 0 Å². The summed E-state index contributed by atoms with van der Waals surface area (Å²) in [6.07, 6.45) is 0. The molecule has 2 heteroatoms. The predicted molar refractivity (Wildman–Crippen MR) is 173 cm³/mol. The van der Waals surface area contributed by atoms with Crippen molar-refractivity contribution in [2.75, 3.05) is 0 Å². The van der Waals surface area contributed by atoms with Crippen LogP contribution in [0.3, 0.4) is 0 Å². The van der Waals surface area contributed by atoms with Crippen LogP contribution < -0.4 is 0 Å². The minimum atomic E-state index is -0.109. The lowest BCUT2D eigenvalue weighted by Gasteiger charge is -2.28. The standard InChI is InChI=1S/C38H36N2/c1-23-11-15-31-27(19-23)28-20-24(2)12-16-32(28)39(31)35-9-8-10-36(37(35)38(5,6)7)40-33-17-13-25(3)21-29(33)30-22-26(4)14-18-34(30)40/h8-22H,1-7H3. The average molecular weight is 521 g/mol. The largest absolute Gasteiger partial charge is 0.309 e. The van der Waals surface area contributed by atoms with Gasteiger partial charge in [-0.15, -0.1) is 0 Å². The van der Waals surface area contributed by atoms with Gasteiger partial charge in [0.25, 0.3) is 0 Å². The highest BCUT2D eigenvalue weighted by Gasteiger charge is 2.27. The van der Waals surface area contributed by atoms with E-state index in [0.29, 0.717) is 0 Å². The van der Waals surface area contributed by atoms with E-state index in [1.165, 1.54) is 82.8 Å². The highest BCUT2D eigenvalue weighted by atomic mass is 15.0. The third-order valence-electron chi connectivity index (χ3n) is 8.40. The summed E-state index contributed by atoms with van der Waals surface area (Å²) in [5.41, 5.74) is 13.9. The third kappa shape index (κ3) is 3.63. The number of fused-ring (bicyclic) bond motifs is 6. The summed E-state index contributed by atoms with van der Waals surface area (Å²) < 4.78 is 4.99. The molecule has 0 aliphatic rings. The summed E-state index contributed by atoms with van der Waals surface area (Å²) in [6.45, 7) is 15.8. The quantitative estimate of drug-likeness (QED) is 0.215. The summed E-state index contributed by atoms with van der Waals surface area (Å²) in [6, 6.07) is 34.4. The van der Waals surface area contributed by atoms with Crippen LogP contribution in [0.4, 0.5) is 0 Å². The molecule has 0 radical (unpaired) electrons. The van der Waals surface area contributed by atoms with Gasteiger partial charge in [-0.05, 0) is 93.8 Å². The van der Waals surface area contributed by atoms with Crippen LogP contribution in [0, 0.1) is 27.7 Å². The zero-order chi connectivity index (χ0) is 27.9. The summed E-state index contributed by atoms with van der Waals surface area (Å²) in [5.74, 6) is 0. The van der Waals surface area contributed by atoms with E-state index in [4.69, 9.17) is 0 Å². The minimum Gasteiger partial charge on any atom is -0.309 e. The SMILES string of the molecule is Cc1ccc2c(c1)c1cc(C)ccc1n2-c1cccc(-n2c3ccc(C)cc3c3cc(C)ccc32)c1C(C)(C)C. The van der Waals surface area contributed by atoms with Gasteiger partial charge in [0, 0.05) is 27.1 Å². The zero-order valence-corrected chi connectivity index (χ0v) is 24.6. The number of hydrogen-bond donors (Lipinski definition) is 0. The molecule has 198 valence electrons. The Morgan fingerprint density at radius 2 is 0.725 bits per heavy atom. The van der Waals surface area contributed by atoms with Crippen molar-refractivity contribution >= 4 is 43.6 Å². The van der Waals surface area contributed by atoms with E-state index >= 15 is 0 Å². The van der Waals surface area contributed by atoms with Crippen LogP contribution in [0.2, 0.25) is 0 Å². The van der Waals surface area contributed by atoms with E-state index in [9.17, 15) is 0 Å². The topological polar surface area (TPSA) is 9.86 Å². The van der Waals surface area contributed by atoms with Gasteiger partial charge in [-0.25, -0.2) is 0 Å². The fourth-order valence-electron chi connectivity index (χ4n) is 6.69. The molecule has 0 saturated carbocycles. The molecular weight excluding hydrogens is 484 g/mol. The van der Waals surface area contributed by atoms with Crippen LogP contribution >= 0.6 is 0 Å². The van der Waals surface area contributed by atoms with Crippen molar-refractivity contribution in [3.63, 3.8) is 0 Å². The smallest absolute Gasteiger partial charge is 0.0541 e. The Hall–Kier alpha value is -4.30. The molecular formula is C38H36N2. The molecule has 2 nitrogen and oxygen atoms in total. The van der Waals surface area contributed by atoms with E-state index < -0.39 is 0 Å². The summed E-state index contributed by atoms with van der Waals surface area (Å²) in [5, 5.41) is 5.25. The molecule has 0 spiro atoms. The van der Waals surface area contributed by atoms with Crippen LogP contribution in [0.5, 0.6) is 0 Å². The van der Waals surface area contributed by atoms with Crippen LogP contribution in [-0.4, -0.2) is 9.13 Å². The number of aromatic nitrogens is 2. The molecule has 7 rings (SSSR count). The maximum atomic E-state index is 2.50. The fourth-order valence-corrected chi connectivity index (χ4v) is 6.69. The Balaban J connectivity index is 1.65. The molecule has 0 N–H and O–H groups in total. The van der Waals surface area contributed by atoms with Crippen LogP contribution in [0.1, 0.15) is 48.6 Å². The first kappa shape index (κ1) is 24.7. The molecule has 5 aromatic carbocycles. The maximum Gasteiger partial charge on any atom is 0.0541 e. The Morgan fingerprint density at radius 3 is 1.00 bits per heavy atom. The third-order valence-corrected chi connectivity index (χ3v) is 8.40. The molecule has 0 aliphatic carbocycles. The monoisotopic (exact) mass is 520 g/mol. The number of nitrogens with zero attached hydrogens (tertiary/aromatic N) is 2. The molecule has 0 unspecified atom stereocenters. The average Bonchev–Trinajstić information content (AvgIpc) is 3.39. The van der Waals surface area contributed by atoms with Crippen molar-refractivity contribution in [1.29, 1.82) is 0 Å². The molecule has 40 heavy (non-hydrogen) atoms. The van der Waals surface area contributed by atoms with Gasteiger partial charge in [0.05, 0.1) is 33.4 Å². The van der Waals surface area contributed by atoms with Gasteiger partial charge in [0.1, 0.15) is 0 Å². The molecule has 0 bridgehead atoms. The van der Waals surface area contributed by atoms with E-state index in [2.05, 4.69) is 149 Å². The van der Waals surface area contributed by atoms with Gasteiger partial charge in [0.2, 0.25) is 0 Å². The van der Waals surface area contributed by atoms with Gasteiger partial charge >= 0.3 is 0 Å². The number of aryl methyl sites for hydroxylation is 4. The second-order valence-corrected chi connectivity index (χ2v) is 12.7. The van der Waals surface area contributed by atoms with Crippen molar-refractivity contribution < 1.29 is 0 Å². The van der Waals surface area contributed by atoms with Gasteiger partial charge in [-0.1, -0.05) is 73.4 Å².